The third-order valence-electron chi connectivity index (χ3n) is 2.77. The van der Waals surface area contributed by atoms with E-state index in [1.807, 2.05) is 0 Å². The Bertz CT molecular complexity index is 501. The number of nitrogens with one attached hydrogen (secondary N) is 2. The average Bonchev–Trinajstić information content (AvgIpc) is 2.92. The summed E-state index contributed by atoms with van der Waals surface area (Å²) in [6.45, 7) is 0. The van der Waals surface area contributed by atoms with E-state index in [1.165, 1.54) is 13.2 Å². The Hall–Kier alpha value is -1.73. The average molecular weight is 281 g/mol. The number of hydrogen-bond acceptors (Lipinski definition) is 5. The zero-order valence-corrected chi connectivity index (χ0v) is 11.3. The summed E-state index contributed by atoms with van der Waals surface area (Å²) < 4.78 is 5.15. The molecule has 6 nitrogen and oxygen atoms in total. The van der Waals surface area contributed by atoms with Crippen LogP contribution in [0.1, 0.15) is 10.4 Å². The van der Waals surface area contributed by atoms with E-state index in [0.717, 1.165) is 11.6 Å². The number of hydrogen-bond donors (Lipinski definition) is 3. The van der Waals surface area contributed by atoms with Gasteiger partial charge in [-0.25, -0.2) is 0 Å². The summed E-state index contributed by atoms with van der Waals surface area (Å²) >= 11 is 1.66. The maximum Gasteiger partial charge on any atom is 0.248 e. The van der Waals surface area contributed by atoms with Crippen molar-refractivity contribution < 1.29 is 14.3 Å². The second-order valence-corrected chi connectivity index (χ2v) is 5.07. The van der Waals surface area contributed by atoms with Gasteiger partial charge in [-0.1, -0.05) is 0 Å². The first-order chi connectivity index (χ1) is 9.11. The molecule has 0 radical (unpaired) electrons. The molecular formula is C12H15N3O3S. The highest BCUT2D eigenvalue weighted by Gasteiger charge is 2.23. The fraction of sp³-hybridized carbons (Fsp3) is 0.333. The Morgan fingerprint density at radius 2 is 2.32 bits per heavy atom. The van der Waals surface area contributed by atoms with Crippen LogP contribution in [-0.2, 0) is 4.79 Å². The van der Waals surface area contributed by atoms with Crippen molar-refractivity contribution in [2.45, 2.75) is 6.04 Å². The Balaban J connectivity index is 2.19. The van der Waals surface area contributed by atoms with Crippen molar-refractivity contribution in [1.29, 1.82) is 0 Å². The predicted octanol–water partition coefficient (Wildman–Crippen LogP) is 0.395. The molecule has 1 fully saturated rings. The second-order valence-electron chi connectivity index (χ2n) is 4.04. The van der Waals surface area contributed by atoms with E-state index in [4.69, 9.17) is 10.5 Å². The lowest BCUT2D eigenvalue weighted by atomic mass is 10.1. The van der Waals surface area contributed by atoms with Crippen LogP contribution in [0.2, 0.25) is 0 Å². The first-order valence-corrected chi connectivity index (χ1v) is 6.87. The van der Waals surface area contributed by atoms with Crippen LogP contribution >= 0.6 is 11.8 Å². The maximum absolute atomic E-state index is 12.0. The van der Waals surface area contributed by atoms with Crippen LogP contribution in [0.15, 0.2) is 18.2 Å². The molecule has 1 saturated heterocycles. The van der Waals surface area contributed by atoms with Crippen molar-refractivity contribution >= 4 is 29.3 Å². The zero-order valence-electron chi connectivity index (χ0n) is 10.4. The van der Waals surface area contributed by atoms with Gasteiger partial charge in [0.25, 0.3) is 0 Å². The molecule has 0 aromatic heterocycles. The van der Waals surface area contributed by atoms with Gasteiger partial charge in [0.1, 0.15) is 5.75 Å². The third kappa shape index (κ3) is 3.18. The first kappa shape index (κ1) is 13.7. The molecule has 4 N–H and O–H groups in total. The van der Waals surface area contributed by atoms with E-state index in [2.05, 4.69) is 10.6 Å². The summed E-state index contributed by atoms with van der Waals surface area (Å²) in [6, 6.07) is 4.45. The lowest BCUT2D eigenvalue weighted by Crippen LogP contribution is -2.37. The van der Waals surface area contributed by atoms with Crippen molar-refractivity contribution in [1.82, 2.24) is 5.32 Å². The number of anilines is 1. The number of ether oxygens (including phenoxy) is 1. The lowest BCUT2D eigenvalue weighted by Gasteiger charge is -2.14. The van der Waals surface area contributed by atoms with Crippen LogP contribution in [0.25, 0.3) is 0 Å². The van der Waals surface area contributed by atoms with E-state index in [0.29, 0.717) is 17.0 Å². The Kier molecular flexibility index (Phi) is 4.28. The molecule has 102 valence electrons. The highest BCUT2D eigenvalue weighted by molar-refractivity contribution is 7.99. The molecule has 0 bridgehead atoms. The quantitative estimate of drug-likeness (QED) is 0.742. The zero-order chi connectivity index (χ0) is 13.8. The van der Waals surface area contributed by atoms with Crippen LogP contribution in [0, 0.1) is 0 Å². The minimum Gasteiger partial charge on any atom is -0.495 e. The van der Waals surface area contributed by atoms with Crippen molar-refractivity contribution in [2.75, 3.05) is 24.1 Å². The van der Waals surface area contributed by atoms with Crippen LogP contribution in [0.5, 0.6) is 5.75 Å². The number of benzene rings is 1. The van der Waals surface area contributed by atoms with Gasteiger partial charge in [0.15, 0.2) is 0 Å². The summed E-state index contributed by atoms with van der Waals surface area (Å²) in [6.07, 6.45) is 0. The first-order valence-electron chi connectivity index (χ1n) is 5.71. The van der Waals surface area contributed by atoms with Crippen molar-refractivity contribution in [3.05, 3.63) is 23.8 Å². The van der Waals surface area contributed by atoms with Gasteiger partial charge >= 0.3 is 0 Å². The number of rotatable bonds is 4. The number of carbonyl (C=O) groups excluding carboxylic acids is 2. The van der Waals surface area contributed by atoms with Crippen molar-refractivity contribution in [3.8, 4) is 5.75 Å². The van der Waals surface area contributed by atoms with Gasteiger partial charge in [0.05, 0.1) is 18.8 Å². The molecule has 2 amide bonds. The molecule has 1 atom stereocenters. The molecule has 0 saturated carbocycles. The molecule has 7 heteroatoms. The van der Waals surface area contributed by atoms with Gasteiger partial charge in [-0.15, -0.1) is 11.8 Å². The number of carbonyl (C=O) groups is 2. The largest absolute Gasteiger partial charge is 0.495 e. The normalized spacial score (nSPS) is 18.1. The fourth-order valence-electron chi connectivity index (χ4n) is 1.74. The molecule has 1 aromatic rings. The smallest absolute Gasteiger partial charge is 0.248 e. The minimum absolute atomic E-state index is 0.148. The second kappa shape index (κ2) is 5.94. The molecule has 1 heterocycles. The standard InChI is InChI=1S/C12H15N3O3S/c1-18-10-3-2-7(11(13)16)4-8(10)15-12(17)9-5-19-6-14-9/h2-4,9,14H,5-6H2,1H3,(H2,13,16)(H,15,17). The molecule has 1 unspecified atom stereocenters. The molecule has 0 spiro atoms. The summed E-state index contributed by atoms with van der Waals surface area (Å²) in [5.41, 5.74) is 5.99. The Labute approximate surface area is 115 Å². The number of methoxy groups -OCH3 is 1. The van der Waals surface area contributed by atoms with Gasteiger partial charge in [-0.05, 0) is 18.2 Å². The molecule has 1 aromatic carbocycles. The summed E-state index contributed by atoms with van der Waals surface area (Å²) in [5, 5.41) is 5.82. The Morgan fingerprint density at radius 3 is 2.89 bits per heavy atom. The van der Waals surface area contributed by atoms with Crippen LogP contribution < -0.4 is 21.1 Å². The summed E-state index contributed by atoms with van der Waals surface area (Å²) in [5.74, 6) is 1.28. The van der Waals surface area contributed by atoms with Crippen molar-refractivity contribution in [3.63, 3.8) is 0 Å². The van der Waals surface area contributed by atoms with E-state index in [9.17, 15) is 9.59 Å². The van der Waals surface area contributed by atoms with Gasteiger partial charge < -0.3 is 15.8 Å². The number of thioether (sulfide) groups is 1. The highest BCUT2D eigenvalue weighted by Crippen LogP contribution is 2.26. The fourth-order valence-corrected chi connectivity index (χ4v) is 2.68. The maximum atomic E-state index is 12.0. The topological polar surface area (TPSA) is 93.4 Å². The monoisotopic (exact) mass is 281 g/mol. The highest BCUT2D eigenvalue weighted by atomic mass is 32.2. The SMILES string of the molecule is COc1ccc(C(N)=O)cc1NC(=O)C1CSCN1. The van der Waals surface area contributed by atoms with E-state index >= 15 is 0 Å². The molecule has 2 rings (SSSR count). The van der Waals surface area contributed by atoms with Gasteiger partial charge in [-0.2, -0.15) is 0 Å². The summed E-state index contributed by atoms with van der Waals surface area (Å²) in [4.78, 5) is 23.2. The third-order valence-corrected chi connectivity index (χ3v) is 3.71. The molecule has 0 aliphatic carbocycles. The minimum atomic E-state index is -0.548. The number of amides is 2. The van der Waals surface area contributed by atoms with Crippen LogP contribution in [0.3, 0.4) is 0 Å². The molecule has 1 aliphatic heterocycles. The van der Waals surface area contributed by atoms with Crippen molar-refractivity contribution in [2.24, 2.45) is 5.73 Å². The van der Waals surface area contributed by atoms with E-state index < -0.39 is 5.91 Å². The Morgan fingerprint density at radius 1 is 1.53 bits per heavy atom. The lowest BCUT2D eigenvalue weighted by molar-refractivity contribution is -0.117. The van der Waals surface area contributed by atoms with Gasteiger partial charge in [0, 0.05) is 17.2 Å². The van der Waals surface area contributed by atoms with Gasteiger partial charge in [0.2, 0.25) is 11.8 Å². The molecular weight excluding hydrogens is 266 g/mol. The van der Waals surface area contributed by atoms with E-state index in [1.54, 1.807) is 23.9 Å². The van der Waals surface area contributed by atoms with E-state index in [-0.39, 0.29) is 11.9 Å². The van der Waals surface area contributed by atoms with Gasteiger partial charge in [-0.3, -0.25) is 14.9 Å². The number of primary amides is 1. The molecule has 1 aliphatic rings. The van der Waals surface area contributed by atoms with Crippen LogP contribution in [-0.4, -0.2) is 36.6 Å². The number of nitrogens with two attached hydrogens (primary N) is 1. The van der Waals surface area contributed by atoms with Crippen LogP contribution in [0.4, 0.5) is 5.69 Å². The summed E-state index contributed by atoms with van der Waals surface area (Å²) in [7, 11) is 1.50. The molecule has 19 heavy (non-hydrogen) atoms. The predicted molar refractivity (Wildman–Crippen MR) is 74.4 cm³/mol.